The Hall–Kier alpha value is -2.12. The van der Waals surface area contributed by atoms with E-state index in [0.717, 1.165) is 64.2 Å². The summed E-state index contributed by atoms with van der Waals surface area (Å²) in [7, 11) is 7.24. The minimum atomic E-state index is -1.42. The molecule has 0 amide bonds. The zero-order valence-electron chi connectivity index (χ0n) is 34.6. The second kappa shape index (κ2) is 19.2. The summed E-state index contributed by atoms with van der Waals surface area (Å²) in [4.78, 5) is 35.4. The maximum atomic E-state index is 14.4. The highest BCUT2D eigenvalue weighted by Crippen LogP contribution is 2.39. The Bertz CT molecular complexity index is 1320. The van der Waals surface area contributed by atoms with Crippen molar-refractivity contribution in [1.29, 1.82) is 0 Å². The van der Waals surface area contributed by atoms with Crippen molar-refractivity contribution in [3.8, 4) is 5.75 Å². The van der Waals surface area contributed by atoms with Gasteiger partial charge in [-0.1, -0.05) is 32.9 Å². The van der Waals surface area contributed by atoms with Crippen molar-refractivity contribution in [3.05, 3.63) is 29.8 Å². The number of esters is 1. The number of hydrogen-bond acceptors (Lipinski definition) is 11. The number of rotatable bonds is 11. The molecule has 3 fully saturated rings. The Kier molecular flexibility index (Phi) is 15.8. The largest absolute Gasteiger partial charge is 0.497 e. The summed E-state index contributed by atoms with van der Waals surface area (Å²) >= 11 is 0. The Labute approximate surface area is 320 Å². The van der Waals surface area contributed by atoms with Crippen LogP contribution in [0.1, 0.15) is 92.6 Å². The Morgan fingerprint density at radius 3 is 2.38 bits per heavy atom. The molecule has 1 N–H and O–H groups in total. The van der Waals surface area contributed by atoms with Crippen LogP contribution in [0, 0.1) is 23.2 Å². The lowest BCUT2D eigenvalue weighted by molar-refractivity contribution is -0.295. The average Bonchev–Trinajstić information content (AvgIpc) is 3.12. The van der Waals surface area contributed by atoms with Gasteiger partial charge in [-0.2, -0.15) is 0 Å². The van der Waals surface area contributed by atoms with Gasteiger partial charge in [0.05, 0.1) is 24.9 Å². The van der Waals surface area contributed by atoms with Gasteiger partial charge in [-0.3, -0.25) is 19.4 Å². The molecule has 0 saturated carbocycles. The van der Waals surface area contributed by atoms with Crippen molar-refractivity contribution in [2.45, 2.75) is 136 Å². The lowest BCUT2D eigenvalue weighted by Gasteiger charge is -2.47. The monoisotopic (exact) mass is 746 g/mol. The van der Waals surface area contributed by atoms with Gasteiger partial charge >= 0.3 is 5.97 Å². The number of likely N-dealkylation sites (N-methyl/N-ethyl adjacent to an activating group) is 1. The van der Waals surface area contributed by atoms with Gasteiger partial charge in [0.25, 0.3) is 0 Å². The number of piperidine rings is 1. The first kappa shape index (κ1) is 43.6. The average molecular weight is 746 g/mol. The normalized spacial score (nSPS) is 34.6. The summed E-state index contributed by atoms with van der Waals surface area (Å²) in [6.07, 6.45) is 2.44. The number of carbonyl (C=O) groups excluding carboxylic acids is 2. The van der Waals surface area contributed by atoms with Crippen molar-refractivity contribution >= 4 is 11.8 Å². The molecule has 53 heavy (non-hydrogen) atoms. The summed E-state index contributed by atoms with van der Waals surface area (Å²) in [5.74, 6) is -0.0286. The van der Waals surface area contributed by atoms with Crippen molar-refractivity contribution in [2.24, 2.45) is 23.2 Å². The fourth-order valence-corrected chi connectivity index (χ4v) is 9.05. The molecule has 3 saturated heterocycles. The summed E-state index contributed by atoms with van der Waals surface area (Å²) in [5.41, 5.74) is -1.10. The topological polar surface area (TPSA) is 110 Å². The number of ether oxygens (including phenoxy) is 5. The first-order valence-electron chi connectivity index (χ1n) is 20.0. The van der Waals surface area contributed by atoms with Crippen LogP contribution in [0.2, 0.25) is 0 Å². The summed E-state index contributed by atoms with van der Waals surface area (Å²) < 4.78 is 30.8. The maximum Gasteiger partial charge on any atom is 0.319 e. The number of benzene rings is 1. The van der Waals surface area contributed by atoms with Crippen LogP contribution in [-0.4, -0.2) is 135 Å². The first-order chi connectivity index (χ1) is 25.0. The van der Waals surface area contributed by atoms with Gasteiger partial charge in [0.15, 0.2) is 12.1 Å². The number of methoxy groups -OCH3 is 2. The minimum Gasteiger partial charge on any atom is -0.497 e. The molecule has 0 bridgehead atoms. The molecule has 0 spiro atoms. The van der Waals surface area contributed by atoms with Crippen LogP contribution in [0.4, 0.5) is 0 Å². The van der Waals surface area contributed by atoms with Crippen LogP contribution in [-0.2, 0) is 35.1 Å². The number of aliphatic hydroxyl groups is 1. The third kappa shape index (κ3) is 11.0. The van der Waals surface area contributed by atoms with E-state index in [1.54, 1.807) is 35.0 Å². The van der Waals surface area contributed by atoms with Crippen molar-refractivity contribution < 1.29 is 38.4 Å². The van der Waals surface area contributed by atoms with Gasteiger partial charge in [-0.15, -0.1) is 0 Å². The fourth-order valence-electron chi connectivity index (χ4n) is 9.05. The summed E-state index contributed by atoms with van der Waals surface area (Å²) in [5, 5.41) is 11.4. The standard InChI is InChI=1S/C42H71N3O8/c1-12-18-45-25-28(2)24-42(7,50-11)38(53-39-36(46)35(43(8)9)21-29(3)52-39)30(4)37(47)41(5,6)40(48)51-27-33(45)22-31-16-19-44(20-17-31)26-32-14-13-15-34(23-32)49-10/h13-15,23,28-31,33,35-36,38-39,46H,12,16-22,24-27H2,1-11H3/t28-,29-,30+,33-,35+,36-,38-,39+,42-/m1/s1. The predicted octanol–water partition coefficient (Wildman–Crippen LogP) is 5.41. The molecule has 3 heterocycles. The molecule has 1 aromatic rings. The zero-order valence-corrected chi connectivity index (χ0v) is 34.6. The second-order valence-corrected chi connectivity index (χ2v) is 17.3. The zero-order chi connectivity index (χ0) is 39.1. The predicted molar refractivity (Wildman–Crippen MR) is 207 cm³/mol. The SMILES string of the molecule is CCCN1C[C@H](C)C[C@@](C)(OC)[C@H](O[C@@H]2O[C@H](C)C[C@H](N(C)C)[C@H]2O)[C@@H](C)C(=O)C(C)(C)C(=O)OC[C@H]1CC1CCN(Cc2cccc(OC)c2)CC1. The van der Waals surface area contributed by atoms with E-state index in [1.807, 2.05) is 45.0 Å². The van der Waals surface area contributed by atoms with Crippen LogP contribution in [0.3, 0.4) is 0 Å². The lowest BCUT2D eigenvalue weighted by atomic mass is 9.74. The number of cyclic esters (lactones) is 1. The van der Waals surface area contributed by atoms with Crippen LogP contribution >= 0.6 is 0 Å². The summed E-state index contributed by atoms with van der Waals surface area (Å²) in [6, 6.07) is 8.14. The molecule has 0 aliphatic carbocycles. The van der Waals surface area contributed by atoms with E-state index in [4.69, 9.17) is 23.7 Å². The van der Waals surface area contributed by atoms with Crippen LogP contribution in [0.25, 0.3) is 0 Å². The van der Waals surface area contributed by atoms with Crippen LogP contribution in [0.5, 0.6) is 5.75 Å². The number of Topliss-reactive ketones (excluding diaryl/α,β-unsaturated/α-hetero) is 1. The number of nitrogens with zero attached hydrogens (tertiary/aromatic N) is 3. The molecule has 0 aromatic heterocycles. The van der Waals surface area contributed by atoms with Gasteiger partial charge in [0.1, 0.15) is 23.9 Å². The van der Waals surface area contributed by atoms with Crippen LogP contribution < -0.4 is 4.74 Å². The van der Waals surface area contributed by atoms with Crippen molar-refractivity contribution in [1.82, 2.24) is 14.7 Å². The number of aliphatic hydroxyl groups excluding tert-OH is 1. The fraction of sp³-hybridized carbons (Fsp3) is 0.810. The van der Waals surface area contributed by atoms with Gasteiger partial charge in [-0.05, 0) is 129 Å². The quantitative estimate of drug-likeness (QED) is 0.232. The second-order valence-electron chi connectivity index (χ2n) is 17.3. The number of carbonyl (C=O) groups is 2. The van der Waals surface area contributed by atoms with E-state index in [1.165, 1.54) is 5.56 Å². The molecule has 0 radical (unpaired) electrons. The smallest absolute Gasteiger partial charge is 0.319 e. The number of ketones is 1. The Morgan fingerprint density at radius 1 is 1.06 bits per heavy atom. The Morgan fingerprint density at radius 2 is 1.75 bits per heavy atom. The first-order valence-corrected chi connectivity index (χ1v) is 20.0. The highest BCUT2D eigenvalue weighted by Gasteiger charge is 2.51. The van der Waals surface area contributed by atoms with Gasteiger partial charge in [-0.25, -0.2) is 0 Å². The molecule has 3 aliphatic rings. The van der Waals surface area contributed by atoms with Crippen molar-refractivity contribution in [2.75, 3.05) is 61.1 Å². The highest BCUT2D eigenvalue weighted by atomic mass is 16.7. The van der Waals surface area contributed by atoms with E-state index in [0.29, 0.717) is 18.8 Å². The molecule has 3 aliphatic heterocycles. The highest BCUT2D eigenvalue weighted by molar-refractivity contribution is 6.04. The molecular formula is C42H71N3O8. The van der Waals surface area contributed by atoms with E-state index in [9.17, 15) is 14.7 Å². The Balaban J connectivity index is 1.57. The molecule has 11 heteroatoms. The molecule has 4 rings (SSSR count). The van der Waals surface area contributed by atoms with Crippen molar-refractivity contribution in [3.63, 3.8) is 0 Å². The molecule has 9 atom stereocenters. The lowest BCUT2D eigenvalue weighted by Crippen LogP contribution is -2.59. The van der Waals surface area contributed by atoms with Crippen LogP contribution in [0.15, 0.2) is 24.3 Å². The van der Waals surface area contributed by atoms with E-state index < -0.39 is 41.4 Å². The number of hydrogen-bond donors (Lipinski definition) is 1. The van der Waals surface area contributed by atoms with Gasteiger partial charge in [0.2, 0.25) is 0 Å². The molecule has 11 nitrogen and oxygen atoms in total. The third-order valence-corrected chi connectivity index (χ3v) is 12.2. The maximum absolute atomic E-state index is 14.4. The van der Waals surface area contributed by atoms with Gasteiger partial charge < -0.3 is 33.7 Å². The minimum absolute atomic E-state index is 0.0245. The number of likely N-dealkylation sites (tertiary alicyclic amines) is 1. The van der Waals surface area contributed by atoms with E-state index in [2.05, 4.69) is 35.8 Å². The summed E-state index contributed by atoms with van der Waals surface area (Å²) in [6.45, 7) is 18.3. The third-order valence-electron chi connectivity index (χ3n) is 12.2. The molecule has 302 valence electrons. The molecule has 0 unspecified atom stereocenters. The van der Waals surface area contributed by atoms with E-state index >= 15 is 0 Å². The molecular weight excluding hydrogens is 674 g/mol. The van der Waals surface area contributed by atoms with Gasteiger partial charge in [0, 0.05) is 38.2 Å². The van der Waals surface area contributed by atoms with E-state index in [-0.39, 0.29) is 36.5 Å². The molecule has 1 aromatic carbocycles.